The van der Waals surface area contributed by atoms with E-state index in [1.165, 1.54) is 88.2 Å². The topological polar surface area (TPSA) is 64.7 Å². The number of amides is 2. The first-order valence-electron chi connectivity index (χ1n) is 18.0. The highest BCUT2D eigenvalue weighted by Crippen LogP contribution is 2.17. The van der Waals surface area contributed by atoms with Crippen molar-refractivity contribution in [2.75, 3.05) is 50.9 Å². The van der Waals surface area contributed by atoms with Crippen LogP contribution in [0.3, 0.4) is 0 Å². The van der Waals surface area contributed by atoms with Gasteiger partial charge in [0, 0.05) is 24.2 Å². The fourth-order valence-corrected chi connectivity index (χ4v) is 5.66. The highest BCUT2D eigenvalue weighted by Gasteiger charge is 2.07. The number of unbranched alkanes of at least 4 members (excludes halogenated alkanes) is 10. The van der Waals surface area contributed by atoms with Crippen LogP contribution in [0.15, 0.2) is 48.5 Å². The van der Waals surface area contributed by atoms with Crippen molar-refractivity contribution in [2.45, 2.75) is 123 Å². The van der Waals surface area contributed by atoms with Crippen LogP contribution in [0.5, 0.6) is 0 Å². The van der Waals surface area contributed by atoms with Crippen molar-refractivity contribution in [1.29, 1.82) is 0 Å². The molecule has 0 heterocycles. The number of benzene rings is 2. The molecule has 0 spiro atoms. The van der Waals surface area contributed by atoms with E-state index in [2.05, 4.69) is 72.6 Å². The van der Waals surface area contributed by atoms with E-state index >= 15 is 0 Å². The summed E-state index contributed by atoms with van der Waals surface area (Å²) in [6.07, 6.45) is 19.4. The molecule has 45 heavy (non-hydrogen) atoms. The van der Waals surface area contributed by atoms with Gasteiger partial charge in [0.05, 0.1) is 0 Å². The molecule has 0 aliphatic carbocycles. The molecule has 0 atom stereocenters. The van der Waals surface area contributed by atoms with Gasteiger partial charge < -0.3 is 20.4 Å². The minimum atomic E-state index is 0.0774. The lowest BCUT2D eigenvalue weighted by Crippen LogP contribution is -2.22. The second-order valence-corrected chi connectivity index (χ2v) is 13.0. The molecule has 6 heteroatoms. The third-order valence-electron chi connectivity index (χ3n) is 8.56. The summed E-state index contributed by atoms with van der Waals surface area (Å²) in [4.78, 5) is 29.6. The van der Waals surface area contributed by atoms with Crippen molar-refractivity contribution >= 4 is 23.2 Å². The molecule has 0 bridgehead atoms. The standard InChI is InChI=1S/C39H64N4O2/c1-5-7-9-11-13-15-29-42(3)31-17-19-38(44)40-36-25-21-34(22-26-36)33-35-23-27-37(28-24-35)41-39(45)20-18-32-43(4)30-16-14-12-10-8-6-2/h21-28H,5-20,29-33H2,1-4H3,(H,40,44)(H,41,45). The Morgan fingerprint density at radius 3 is 1.20 bits per heavy atom. The van der Waals surface area contributed by atoms with E-state index in [-0.39, 0.29) is 11.8 Å². The molecule has 0 radical (unpaired) electrons. The smallest absolute Gasteiger partial charge is 0.224 e. The molecule has 0 aliphatic rings. The minimum absolute atomic E-state index is 0.0774. The van der Waals surface area contributed by atoms with E-state index in [0.717, 1.165) is 56.8 Å². The fraction of sp³-hybridized carbons (Fsp3) is 0.641. The van der Waals surface area contributed by atoms with Crippen LogP contribution in [0.1, 0.15) is 128 Å². The number of hydrogen-bond acceptors (Lipinski definition) is 4. The lowest BCUT2D eigenvalue weighted by Gasteiger charge is -2.16. The Labute approximate surface area is 275 Å². The monoisotopic (exact) mass is 621 g/mol. The van der Waals surface area contributed by atoms with Crippen LogP contribution in [0.2, 0.25) is 0 Å². The first kappa shape index (κ1) is 38.5. The van der Waals surface area contributed by atoms with Gasteiger partial charge in [-0.3, -0.25) is 9.59 Å². The van der Waals surface area contributed by atoms with E-state index in [1.54, 1.807) is 0 Å². The van der Waals surface area contributed by atoms with E-state index < -0.39 is 0 Å². The third kappa shape index (κ3) is 19.4. The van der Waals surface area contributed by atoms with Crippen LogP contribution in [-0.4, -0.2) is 61.9 Å². The zero-order chi connectivity index (χ0) is 32.5. The summed E-state index contributed by atoms with van der Waals surface area (Å²) in [5.74, 6) is 0.155. The molecule has 0 aliphatic heterocycles. The molecule has 2 rings (SSSR count). The van der Waals surface area contributed by atoms with Crippen LogP contribution in [0.25, 0.3) is 0 Å². The van der Waals surface area contributed by atoms with E-state index in [4.69, 9.17) is 0 Å². The highest BCUT2D eigenvalue weighted by atomic mass is 16.2. The van der Waals surface area contributed by atoms with Gasteiger partial charge in [0.25, 0.3) is 0 Å². The molecule has 2 amide bonds. The van der Waals surface area contributed by atoms with Gasteiger partial charge in [0.2, 0.25) is 11.8 Å². The Bertz CT molecular complexity index is 955. The Balaban J connectivity index is 1.59. The normalized spacial score (nSPS) is 11.3. The van der Waals surface area contributed by atoms with Gasteiger partial charge in [-0.2, -0.15) is 0 Å². The van der Waals surface area contributed by atoms with Crippen molar-refractivity contribution in [1.82, 2.24) is 9.80 Å². The van der Waals surface area contributed by atoms with Crippen LogP contribution in [0.4, 0.5) is 11.4 Å². The Morgan fingerprint density at radius 1 is 0.489 bits per heavy atom. The molecule has 2 aromatic carbocycles. The largest absolute Gasteiger partial charge is 0.326 e. The number of nitrogens with one attached hydrogen (secondary N) is 2. The van der Waals surface area contributed by atoms with E-state index in [1.807, 2.05) is 24.3 Å². The lowest BCUT2D eigenvalue weighted by atomic mass is 10.0. The van der Waals surface area contributed by atoms with Gasteiger partial charge in [-0.25, -0.2) is 0 Å². The summed E-state index contributed by atoms with van der Waals surface area (Å²) in [5.41, 5.74) is 4.06. The fourth-order valence-electron chi connectivity index (χ4n) is 5.66. The predicted molar refractivity (Wildman–Crippen MR) is 193 cm³/mol. The summed E-state index contributed by atoms with van der Waals surface area (Å²) < 4.78 is 0. The van der Waals surface area contributed by atoms with Gasteiger partial charge in [-0.05, 0) is 108 Å². The maximum absolute atomic E-state index is 12.4. The van der Waals surface area contributed by atoms with Gasteiger partial charge >= 0.3 is 0 Å². The molecule has 0 fully saturated rings. The first-order valence-corrected chi connectivity index (χ1v) is 18.0. The van der Waals surface area contributed by atoms with Crippen molar-refractivity contribution in [3.05, 3.63) is 59.7 Å². The van der Waals surface area contributed by atoms with Crippen LogP contribution >= 0.6 is 0 Å². The van der Waals surface area contributed by atoms with Crippen LogP contribution < -0.4 is 10.6 Å². The second-order valence-electron chi connectivity index (χ2n) is 13.0. The minimum Gasteiger partial charge on any atom is -0.326 e. The summed E-state index contributed by atoms with van der Waals surface area (Å²) in [7, 11) is 4.32. The molecule has 0 unspecified atom stereocenters. The molecular formula is C39H64N4O2. The molecule has 6 nitrogen and oxygen atoms in total. The Kier molecular flexibility index (Phi) is 21.0. The van der Waals surface area contributed by atoms with Crippen LogP contribution in [-0.2, 0) is 16.0 Å². The van der Waals surface area contributed by atoms with Crippen molar-refractivity contribution in [3.8, 4) is 0 Å². The summed E-state index contributed by atoms with van der Waals surface area (Å²) in [6.45, 7) is 8.65. The number of rotatable bonds is 26. The molecule has 2 aromatic rings. The maximum atomic E-state index is 12.4. The first-order chi connectivity index (χ1) is 21.9. The Morgan fingerprint density at radius 2 is 0.822 bits per heavy atom. The van der Waals surface area contributed by atoms with Crippen molar-refractivity contribution in [3.63, 3.8) is 0 Å². The average molecular weight is 621 g/mol. The molecule has 2 N–H and O–H groups in total. The number of carbonyl (C=O) groups is 2. The molecule has 0 aromatic heterocycles. The highest BCUT2D eigenvalue weighted by molar-refractivity contribution is 5.91. The molecule has 252 valence electrons. The second kappa shape index (κ2) is 24.5. The van der Waals surface area contributed by atoms with Gasteiger partial charge in [-0.15, -0.1) is 0 Å². The van der Waals surface area contributed by atoms with Crippen LogP contribution in [0, 0.1) is 0 Å². The van der Waals surface area contributed by atoms with E-state index in [9.17, 15) is 9.59 Å². The molecule has 0 saturated heterocycles. The van der Waals surface area contributed by atoms with Gasteiger partial charge in [-0.1, -0.05) is 102 Å². The van der Waals surface area contributed by atoms with E-state index in [0.29, 0.717) is 12.8 Å². The number of anilines is 2. The summed E-state index contributed by atoms with van der Waals surface area (Å²) in [6, 6.07) is 16.2. The Hall–Kier alpha value is -2.70. The zero-order valence-electron chi connectivity index (χ0n) is 29.2. The predicted octanol–water partition coefficient (Wildman–Crippen LogP) is 9.30. The third-order valence-corrected chi connectivity index (χ3v) is 8.56. The van der Waals surface area contributed by atoms with Gasteiger partial charge in [0.15, 0.2) is 0 Å². The van der Waals surface area contributed by atoms with Gasteiger partial charge in [0.1, 0.15) is 0 Å². The molecule has 0 saturated carbocycles. The SMILES string of the molecule is CCCCCCCCN(C)CCCC(=O)Nc1ccc(Cc2ccc(NC(=O)CCCN(C)CCCCCCCC)cc2)cc1. The number of carbonyl (C=O) groups excluding carboxylic acids is 2. The van der Waals surface area contributed by atoms with Crippen molar-refractivity contribution < 1.29 is 9.59 Å². The summed E-state index contributed by atoms with van der Waals surface area (Å²) >= 11 is 0. The zero-order valence-corrected chi connectivity index (χ0v) is 29.2. The number of hydrogen-bond donors (Lipinski definition) is 2. The maximum Gasteiger partial charge on any atom is 0.224 e. The quantitative estimate of drug-likeness (QED) is 0.103. The van der Waals surface area contributed by atoms with Crippen molar-refractivity contribution in [2.24, 2.45) is 0 Å². The average Bonchev–Trinajstić information content (AvgIpc) is 3.02. The lowest BCUT2D eigenvalue weighted by molar-refractivity contribution is -0.117. The molecular weight excluding hydrogens is 556 g/mol. The summed E-state index contributed by atoms with van der Waals surface area (Å²) in [5, 5.41) is 6.08. The number of nitrogens with zero attached hydrogens (tertiary/aromatic N) is 2.